The molecular weight excluding hydrogens is 226 g/mol. The van der Waals surface area contributed by atoms with Crippen LogP contribution < -0.4 is 4.90 Å². The maximum absolute atomic E-state index is 9.98. The summed E-state index contributed by atoms with van der Waals surface area (Å²) in [7, 11) is 0. The first-order valence-corrected chi connectivity index (χ1v) is 6.79. The highest BCUT2D eigenvalue weighted by Crippen LogP contribution is 2.30. The van der Waals surface area contributed by atoms with E-state index in [0.29, 0.717) is 12.5 Å². The van der Waals surface area contributed by atoms with Crippen LogP contribution in [0.2, 0.25) is 0 Å². The molecule has 1 aliphatic heterocycles. The van der Waals surface area contributed by atoms with Gasteiger partial charge in [0.05, 0.1) is 6.61 Å². The van der Waals surface area contributed by atoms with Crippen LogP contribution in [0.3, 0.4) is 0 Å². The van der Waals surface area contributed by atoms with Gasteiger partial charge in [-0.05, 0) is 42.4 Å². The van der Waals surface area contributed by atoms with Crippen molar-refractivity contribution in [3.05, 3.63) is 29.3 Å². The summed E-state index contributed by atoms with van der Waals surface area (Å²) < 4.78 is 0. The number of β-amino-alcohol motifs (C(OH)–C–C–N with tert-alkyl or cyclic N) is 1. The van der Waals surface area contributed by atoms with Gasteiger partial charge in [0.25, 0.3) is 0 Å². The van der Waals surface area contributed by atoms with Gasteiger partial charge >= 0.3 is 0 Å². The van der Waals surface area contributed by atoms with Gasteiger partial charge in [-0.3, -0.25) is 0 Å². The number of hydrogen-bond donors (Lipinski definition) is 2. The average Bonchev–Trinajstić information content (AvgIpc) is 2.32. The van der Waals surface area contributed by atoms with E-state index >= 15 is 0 Å². The molecule has 0 radical (unpaired) electrons. The third-order valence-corrected chi connectivity index (χ3v) is 3.47. The van der Waals surface area contributed by atoms with Crippen molar-refractivity contribution in [2.45, 2.75) is 39.3 Å². The Morgan fingerprint density at radius 3 is 2.83 bits per heavy atom. The number of anilines is 1. The van der Waals surface area contributed by atoms with Crippen molar-refractivity contribution < 1.29 is 10.2 Å². The highest BCUT2D eigenvalue weighted by atomic mass is 16.3. The Kier molecular flexibility index (Phi) is 4.25. The fourth-order valence-electron chi connectivity index (χ4n) is 2.70. The fraction of sp³-hybridized carbons (Fsp3) is 0.600. The van der Waals surface area contributed by atoms with Gasteiger partial charge in [-0.1, -0.05) is 26.0 Å². The van der Waals surface area contributed by atoms with Gasteiger partial charge in [0.2, 0.25) is 0 Å². The molecule has 3 heteroatoms. The molecule has 0 fully saturated rings. The van der Waals surface area contributed by atoms with Crippen molar-refractivity contribution in [3.8, 4) is 0 Å². The maximum atomic E-state index is 9.98. The van der Waals surface area contributed by atoms with E-state index in [-0.39, 0.29) is 6.61 Å². The lowest BCUT2D eigenvalue weighted by molar-refractivity contribution is 0.145. The Morgan fingerprint density at radius 2 is 2.17 bits per heavy atom. The maximum Gasteiger partial charge on any atom is 0.127 e. The summed E-state index contributed by atoms with van der Waals surface area (Å²) in [5, 5.41) is 19.1. The Bertz CT molecular complexity index is 403. The minimum atomic E-state index is -0.458. The monoisotopic (exact) mass is 249 g/mol. The van der Waals surface area contributed by atoms with Crippen molar-refractivity contribution in [1.82, 2.24) is 0 Å². The Morgan fingerprint density at radius 1 is 1.39 bits per heavy atom. The molecule has 3 nitrogen and oxygen atoms in total. The molecule has 2 N–H and O–H groups in total. The van der Waals surface area contributed by atoms with Crippen molar-refractivity contribution in [2.75, 3.05) is 18.1 Å². The summed E-state index contributed by atoms with van der Waals surface area (Å²) in [4.78, 5) is 1.90. The number of aliphatic hydroxyl groups excluding tert-OH is 2. The number of benzene rings is 1. The molecule has 0 saturated carbocycles. The summed E-state index contributed by atoms with van der Waals surface area (Å²) in [6, 6.07) is 6.48. The van der Waals surface area contributed by atoms with Crippen LogP contribution in [0.25, 0.3) is 0 Å². The van der Waals surface area contributed by atoms with Gasteiger partial charge in [0.15, 0.2) is 0 Å². The van der Waals surface area contributed by atoms with Crippen molar-refractivity contribution in [1.29, 1.82) is 0 Å². The summed E-state index contributed by atoms with van der Waals surface area (Å²) in [6.07, 6.45) is 2.30. The van der Waals surface area contributed by atoms with Gasteiger partial charge in [-0.15, -0.1) is 0 Å². The number of rotatable bonds is 4. The lowest BCUT2D eigenvalue weighted by Crippen LogP contribution is -2.41. The molecule has 0 spiro atoms. The van der Waals surface area contributed by atoms with E-state index in [1.807, 2.05) is 4.90 Å². The van der Waals surface area contributed by atoms with Crippen LogP contribution >= 0.6 is 0 Å². The summed E-state index contributed by atoms with van der Waals surface area (Å²) in [5.41, 5.74) is 3.74. The molecule has 0 amide bonds. The molecular formula is C15H23NO2. The smallest absolute Gasteiger partial charge is 0.127 e. The first-order chi connectivity index (χ1) is 8.61. The van der Waals surface area contributed by atoms with Crippen LogP contribution in [0.4, 0.5) is 5.69 Å². The van der Waals surface area contributed by atoms with Crippen LogP contribution in [0.1, 0.15) is 31.4 Å². The molecule has 2 rings (SSSR count). The largest absolute Gasteiger partial charge is 0.395 e. The zero-order valence-corrected chi connectivity index (χ0v) is 11.3. The third-order valence-electron chi connectivity index (χ3n) is 3.47. The molecule has 1 aromatic carbocycles. The average molecular weight is 249 g/mol. The predicted octanol–water partition coefficient (Wildman–Crippen LogP) is 1.95. The highest BCUT2D eigenvalue weighted by molar-refractivity contribution is 5.57. The van der Waals surface area contributed by atoms with Crippen LogP contribution in [0, 0.1) is 5.92 Å². The first-order valence-electron chi connectivity index (χ1n) is 6.79. The summed E-state index contributed by atoms with van der Waals surface area (Å²) in [5.74, 6) is 0.658. The van der Waals surface area contributed by atoms with E-state index < -0.39 is 6.23 Å². The molecule has 0 saturated heterocycles. The van der Waals surface area contributed by atoms with Crippen LogP contribution in [-0.4, -0.2) is 29.6 Å². The van der Waals surface area contributed by atoms with Gasteiger partial charge in [-0.2, -0.15) is 0 Å². The molecule has 0 aliphatic carbocycles. The van der Waals surface area contributed by atoms with Crippen molar-refractivity contribution in [3.63, 3.8) is 0 Å². The van der Waals surface area contributed by atoms with E-state index in [9.17, 15) is 5.11 Å². The lowest BCUT2D eigenvalue weighted by Gasteiger charge is -2.35. The highest BCUT2D eigenvalue weighted by Gasteiger charge is 2.23. The molecule has 1 aliphatic rings. The van der Waals surface area contributed by atoms with E-state index in [1.54, 1.807) is 0 Å². The Hall–Kier alpha value is -1.06. The lowest BCUT2D eigenvalue weighted by atomic mass is 9.95. The predicted molar refractivity (Wildman–Crippen MR) is 73.7 cm³/mol. The second-order valence-electron chi connectivity index (χ2n) is 5.50. The number of aliphatic hydroxyl groups is 2. The molecule has 1 aromatic rings. The van der Waals surface area contributed by atoms with E-state index in [4.69, 9.17) is 5.11 Å². The van der Waals surface area contributed by atoms with E-state index in [0.717, 1.165) is 24.9 Å². The summed E-state index contributed by atoms with van der Waals surface area (Å²) >= 11 is 0. The summed E-state index contributed by atoms with van der Waals surface area (Å²) in [6.45, 7) is 5.02. The second kappa shape index (κ2) is 5.72. The second-order valence-corrected chi connectivity index (χ2v) is 5.50. The molecule has 0 aromatic heterocycles. The normalized spacial score (nSPS) is 19.2. The van der Waals surface area contributed by atoms with E-state index in [1.165, 1.54) is 11.1 Å². The van der Waals surface area contributed by atoms with Gasteiger partial charge in [0, 0.05) is 12.2 Å². The SMILES string of the molecule is CC(C)Cc1ccc2c(c1)CCC(O)N2CCO. The molecule has 0 bridgehead atoms. The minimum Gasteiger partial charge on any atom is -0.395 e. The standard InChI is InChI=1S/C15H23NO2/c1-11(2)9-12-3-5-14-13(10-12)4-6-15(18)16(14)7-8-17/h3,5,10-11,15,17-18H,4,6-9H2,1-2H3. The molecule has 1 unspecified atom stereocenters. The van der Waals surface area contributed by atoms with Crippen LogP contribution in [-0.2, 0) is 12.8 Å². The number of aryl methyl sites for hydroxylation is 1. The molecule has 1 atom stereocenters. The van der Waals surface area contributed by atoms with Gasteiger partial charge < -0.3 is 15.1 Å². The van der Waals surface area contributed by atoms with Crippen LogP contribution in [0.5, 0.6) is 0 Å². The number of nitrogens with zero attached hydrogens (tertiary/aromatic N) is 1. The van der Waals surface area contributed by atoms with Gasteiger partial charge in [-0.25, -0.2) is 0 Å². The van der Waals surface area contributed by atoms with Crippen LogP contribution in [0.15, 0.2) is 18.2 Å². The topological polar surface area (TPSA) is 43.7 Å². The van der Waals surface area contributed by atoms with E-state index in [2.05, 4.69) is 32.0 Å². The molecule has 100 valence electrons. The van der Waals surface area contributed by atoms with Gasteiger partial charge in [0.1, 0.15) is 6.23 Å². The number of fused-ring (bicyclic) bond motifs is 1. The Balaban J connectivity index is 2.25. The molecule has 18 heavy (non-hydrogen) atoms. The Labute approximate surface area is 109 Å². The zero-order valence-electron chi connectivity index (χ0n) is 11.3. The van der Waals surface area contributed by atoms with Crippen molar-refractivity contribution >= 4 is 5.69 Å². The fourth-order valence-corrected chi connectivity index (χ4v) is 2.70. The quantitative estimate of drug-likeness (QED) is 0.857. The number of hydrogen-bond acceptors (Lipinski definition) is 3. The third kappa shape index (κ3) is 2.85. The minimum absolute atomic E-state index is 0.0737. The van der Waals surface area contributed by atoms with Crippen molar-refractivity contribution in [2.24, 2.45) is 5.92 Å². The molecule has 1 heterocycles. The zero-order chi connectivity index (χ0) is 13.1. The first kappa shape index (κ1) is 13.4.